The molecule has 0 amide bonds. The van der Waals surface area contributed by atoms with E-state index in [0.717, 1.165) is 4.91 Å². The predicted octanol–water partition coefficient (Wildman–Crippen LogP) is 1.33. The Morgan fingerprint density at radius 3 is 2.75 bits per heavy atom. The number of rotatable bonds is 2. The van der Waals surface area contributed by atoms with E-state index < -0.39 is 0 Å². The van der Waals surface area contributed by atoms with Crippen LogP contribution in [0.25, 0.3) is 0 Å². The van der Waals surface area contributed by atoms with Gasteiger partial charge in [-0.3, -0.25) is 0 Å². The van der Waals surface area contributed by atoms with Crippen molar-refractivity contribution < 1.29 is 0 Å². The number of nitrogens with two attached hydrogens (primary N) is 1. The Morgan fingerprint density at radius 1 is 1.75 bits per heavy atom. The SMILES string of the molecule is C/C(S)=C/C=C/CN. The summed E-state index contributed by atoms with van der Waals surface area (Å²) in [6.45, 7) is 2.52. The Morgan fingerprint density at radius 2 is 2.38 bits per heavy atom. The third-order valence-electron chi connectivity index (χ3n) is 0.610. The van der Waals surface area contributed by atoms with Crippen LogP contribution in [-0.2, 0) is 0 Å². The zero-order valence-electron chi connectivity index (χ0n) is 4.96. The van der Waals surface area contributed by atoms with Crippen LogP contribution in [0.2, 0.25) is 0 Å². The van der Waals surface area contributed by atoms with Gasteiger partial charge in [-0.15, -0.1) is 12.6 Å². The molecule has 2 heteroatoms. The van der Waals surface area contributed by atoms with E-state index in [4.69, 9.17) is 5.73 Å². The van der Waals surface area contributed by atoms with Crippen molar-refractivity contribution in [3.05, 3.63) is 23.1 Å². The molecule has 0 aliphatic heterocycles. The molecular weight excluding hydrogens is 118 g/mol. The lowest BCUT2D eigenvalue weighted by molar-refractivity contribution is 1.25. The highest BCUT2D eigenvalue weighted by Crippen LogP contribution is 1.95. The van der Waals surface area contributed by atoms with Crippen LogP contribution < -0.4 is 5.73 Å². The van der Waals surface area contributed by atoms with E-state index in [2.05, 4.69) is 12.6 Å². The van der Waals surface area contributed by atoms with E-state index >= 15 is 0 Å². The average Bonchev–Trinajstić information content (AvgIpc) is 1.66. The topological polar surface area (TPSA) is 26.0 Å². The first-order chi connectivity index (χ1) is 3.77. The Kier molecular flexibility index (Phi) is 4.81. The van der Waals surface area contributed by atoms with E-state index in [0.29, 0.717) is 6.54 Å². The van der Waals surface area contributed by atoms with Gasteiger partial charge in [0.05, 0.1) is 0 Å². The minimum atomic E-state index is 0.595. The van der Waals surface area contributed by atoms with Crippen LogP contribution in [0.3, 0.4) is 0 Å². The first-order valence-corrected chi connectivity index (χ1v) is 2.94. The van der Waals surface area contributed by atoms with Crippen LogP contribution in [-0.4, -0.2) is 6.54 Å². The molecule has 0 saturated heterocycles. The second-order valence-electron chi connectivity index (χ2n) is 1.47. The highest BCUT2D eigenvalue weighted by atomic mass is 32.1. The molecule has 0 heterocycles. The molecule has 0 bridgehead atoms. The highest BCUT2D eigenvalue weighted by molar-refractivity contribution is 7.84. The molecule has 46 valence electrons. The molecule has 0 aromatic rings. The summed E-state index contributed by atoms with van der Waals surface area (Å²) in [5.41, 5.74) is 5.17. The average molecular weight is 129 g/mol. The van der Waals surface area contributed by atoms with Crippen molar-refractivity contribution in [3.63, 3.8) is 0 Å². The van der Waals surface area contributed by atoms with E-state index in [1.807, 2.05) is 25.2 Å². The van der Waals surface area contributed by atoms with Gasteiger partial charge >= 0.3 is 0 Å². The molecule has 2 N–H and O–H groups in total. The van der Waals surface area contributed by atoms with Crippen molar-refractivity contribution in [3.8, 4) is 0 Å². The van der Waals surface area contributed by atoms with Crippen LogP contribution in [0.5, 0.6) is 0 Å². The van der Waals surface area contributed by atoms with E-state index in [1.165, 1.54) is 0 Å². The predicted molar refractivity (Wildman–Crippen MR) is 40.9 cm³/mol. The van der Waals surface area contributed by atoms with Crippen molar-refractivity contribution in [2.24, 2.45) is 5.73 Å². The molecule has 1 nitrogen and oxygen atoms in total. The third kappa shape index (κ3) is 5.79. The van der Waals surface area contributed by atoms with Crippen LogP contribution in [0, 0.1) is 0 Å². The molecule has 0 aliphatic rings. The van der Waals surface area contributed by atoms with Crippen molar-refractivity contribution >= 4 is 12.6 Å². The number of thiol groups is 1. The first kappa shape index (κ1) is 7.79. The Bertz CT molecular complexity index is 101. The fourth-order valence-electron chi connectivity index (χ4n) is 0.286. The van der Waals surface area contributed by atoms with Gasteiger partial charge in [-0.2, -0.15) is 0 Å². The van der Waals surface area contributed by atoms with Gasteiger partial charge in [0.2, 0.25) is 0 Å². The van der Waals surface area contributed by atoms with Crippen LogP contribution in [0.1, 0.15) is 6.92 Å². The van der Waals surface area contributed by atoms with Gasteiger partial charge in [-0.25, -0.2) is 0 Å². The number of hydrogen-bond donors (Lipinski definition) is 2. The molecule has 0 spiro atoms. The van der Waals surface area contributed by atoms with Gasteiger partial charge in [0.15, 0.2) is 0 Å². The lowest BCUT2D eigenvalue weighted by Gasteiger charge is -1.79. The molecule has 0 rings (SSSR count). The lowest BCUT2D eigenvalue weighted by atomic mass is 10.4. The molecule has 0 atom stereocenters. The standard InChI is InChI=1S/C6H11NS/c1-6(8)4-2-3-5-7/h2-4,8H,5,7H2,1H3/b3-2+,6-4-. The normalized spacial score (nSPS) is 13.1. The smallest absolute Gasteiger partial charge is 0.0109 e. The van der Waals surface area contributed by atoms with E-state index in [9.17, 15) is 0 Å². The zero-order chi connectivity index (χ0) is 6.41. The summed E-state index contributed by atoms with van der Waals surface area (Å²) in [6, 6.07) is 0. The quantitative estimate of drug-likeness (QED) is 0.427. The summed E-state index contributed by atoms with van der Waals surface area (Å²) in [6.07, 6.45) is 5.66. The maximum absolute atomic E-state index is 5.17. The largest absolute Gasteiger partial charge is 0.327 e. The summed E-state index contributed by atoms with van der Waals surface area (Å²) in [5, 5.41) is 0. The molecule has 0 unspecified atom stereocenters. The van der Waals surface area contributed by atoms with Crippen LogP contribution in [0.4, 0.5) is 0 Å². The maximum atomic E-state index is 5.17. The van der Waals surface area contributed by atoms with Gasteiger partial charge in [0, 0.05) is 6.54 Å². The molecule has 0 radical (unpaired) electrons. The van der Waals surface area contributed by atoms with Gasteiger partial charge in [-0.1, -0.05) is 18.2 Å². The van der Waals surface area contributed by atoms with E-state index in [-0.39, 0.29) is 0 Å². The lowest BCUT2D eigenvalue weighted by Crippen LogP contribution is -1.91. The molecule has 0 aromatic heterocycles. The van der Waals surface area contributed by atoms with Gasteiger partial charge in [0.1, 0.15) is 0 Å². The van der Waals surface area contributed by atoms with Crippen molar-refractivity contribution in [2.75, 3.05) is 6.54 Å². The molecule has 0 fully saturated rings. The van der Waals surface area contributed by atoms with Gasteiger partial charge in [-0.05, 0) is 11.8 Å². The Balaban J connectivity index is 3.42. The van der Waals surface area contributed by atoms with Crippen molar-refractivity contribution in [1.82, 2.24) is 0 Å². The number of allylic oxidation sites excluding steroid dienone is 3. The summed E-state index contributed by atoms with van der Waals surface area (Å²) >= 11 is 4.04. The Labute approximate surface area is 55.7 Å². The van der Waals surface area contributed by atoms with Gasteiger partial charge < -0.3 is 5.73 Å². The molecule has 8 heavy (non-hydrogen) atoms. The van der Waals surface area contributed by atoms with Crippen LogP contribution >= 0.6 is 12.6 Å². The second kappa shape index (κ2) is 4.94. The maximum Gasteiger partial charge on any atom is 0.0109 e. The molecular formula is C6H11NS. The second-order valence-corrected chi connectivity index (χ2v) is 2.18. The zero-order valence-corrected chi connectivity index (χ0v) is 5.86. The monoisotopic (exact) mass is 129 g/mol. The summed E-state index contributed by atoms with van der Waals surface area (Å²) in [7, 11) is 0. The minimum absolute atomic E-state index is 0.595. The van der Waals surface area contributed by atoms with Gasteiger partial charge in [0.25, 0.3) is 0 Å². The van der Waals surface area contributed by atoms with Crippen molar-refractivity contribution in [2.45, 2.75) is 6.92 Å². The third-order valence-corrected chi connectivity index (χ3v) is 0.759. The summed E-state index contributed by atoms with van der Waals surface area (Å²) in [4.78, 5) is 0.995. The highest BCUT2D eigenvalue weighted by Gasteiger charge is 1.68. The minimum Gasteiger partial charge on any atom is -0.327 e. The summed E-state index contributed by atoms with van der Waals surface area (Å²) in [5.74, 6) is 0. The van der Waals surface area contributed by atoms with Crippen molar-refractivity contribution in [1.29, 1.82) is 0 Å². The number of hydrogen-bond acceptors (Lipinski definition) is 2. The van der Waals surface area contributed by atoms with E-state index in [1.54, 1.807) is 0 Å². The molecule has 0 aliphatic carbocycles. The Hall–Kier alpha value is -0.210. The fraction of sp³-hybridized carbons (Fsp3) is 0.333. The molecule has 0 saturated carbocycles. The first-order valence-electron chi connectivity index (χ1n) is 2.50. The summed E-state index contributed by atoms with van der Waals surface area (Å²) < 4.78 is 0. The van der Waals surface area contributed by atoms with Crippen LogP contribution in [0.15, 0.2) is 23.1 Å². The molecule has 0 aromatic carbocycles. The fourth-order valence-corrected chi connectivity index (χ4v) is 0.372.